The van der Waals surface area contributed by atoms with E-state index in [-0.39, 0.29) is 35.9 Å². The molecule has 2 aromatic rings. The summed E-state index contributed by atoms with van der Waals surface area (Å²) >= 11 is 0. The molecule has 2 aliphatic rings. The van der Waals surface area contributed by atoms with Crippen LogP contribution in [-0.4, -0.2) is 27.5 Å². The molecule has 1 saturated carbocycles. The standard InChI is InChI=1S/C21H23FN2O4/c1-13-23-20(24-28-13)17-7-6-14(10-18(17)22)8-9-21(15-4-2-3-5-15)12-16(25)11-19(26)27-21/h6-7,10,15H,2-5,8-9,11-12H2,1H3. The molecule has 1 unspecified atom stereocenters. The van der Waals surface area contributed by atoms with Crippen molar-refractivity contribution in [3.63, 3.8) is 0 Å². The highest BCUT2D eigenvalue weighted by Gasteiger charge is 2.47. The summed E-state index contributed by atoms with van der Waals surface area (Å²) in [6, 6.07) is 4.91. The summed E-state index contributed by atoms with van der Waals surface area (Å²) in [6.45, 7) is 1.65. The number of cyclic esters (lactones) is 1. The van der Waals surface area contributed by atoms with Crippen LogP contribution in [0.4, 0.5) is 4.39 Å². The Morgan fingerprint density at radius 1 is 1.25 bits per heavy atom. The molecular weight excluding hydrogens is 363 g/mol. The van der Waals surface area contributed by atoms with E-state index in [4.69, 9.17) is 9.26 Å². The SMILES string of the molecule is Cc1nc(-c2ccc(CCC3(C4CCCC4)CC(=O)CC(=O)O3)cc2F)no1. The average molecular weight is 386 g/mol. The smallest absolute Gasteiger partial charge is 0.313 e. The van der Waals surface area contributed by atoms with Crippen molar-refractivity contribution in [2.75, 3.05) is 0 Å². The zero-order valence-electron chi connectivity index (χ0n) is 15.9. The minimum atomic E-state index is -0.747. The van der Waals surface area contributed by atoms with E-state index >= 15 is 0 Å². The molecule has 7 heteroatoms. The van der Waals surface area contributed by atoms with Crippen LogP contribution in [-0.2, 0) is 20.7 Å². The van der Waals surface area contributed by atoms with Gasteiger partial charge < -0.3 is 9.26 Å². The molecule has 1 aliphatic heterocycles. The van der Waals surface area contributed by atoms with Crippen LogP contribution in [0.25, 0.3) is 11.4 Å². The molecule has 1 aromatic heterocycles. The normalized spacial score (nSPS) is 23.2. The Kier molecular flexibility index (Phi) is 5.00. The largest absolute Gasteiger partial charge is 0.458 e. The highest BCUT2D eigenvalue weighted by atomic mass is 19.1. The van der Waals surface area contributed by atoms with Crippen LogP contribution in [0.1, 0.15) is 56.4 Å². The van der Waals surface area contributed by atoms with Crippen LogP contribution >= 0.6 is 0 Å². The van der Waals surface area contributed by atoms with Crippen molar-refractivity contribution < 1.29 is 23.2 Å². The summed E-state index contributed by atoms with van der Waals surface area (Å²) in [7, 11) is 0. The van der Waals surface area contributed by atoms with Gasteiger partial charge in [0.1, 0.15) is 23.6 Å². The Hall–Kier alpha value is -2.57. The Morgan fingerprint density at radius 3 is 2.68 bits per heavy atom. The number of aromatic nitrogens is 2. The quantitative estimate of drug-likeness (QED) is 0.572. The molecule has 1 aromatic carbocycles. The van der Waals surface area contributed by atoms with Gasteiger partial charge in [-0.2, -0.15) is 4.98 Å². The van der Waals surface area contributed by atoms with Crippen LogP contribution < -0.4 is 0 Å². The van der Waals surface area contributed by atoms with Gasteiger partial charge in [0.25, 0.3) is 0 Å². The molecule has 0 radical (unpaired) electrons. The molecule has 0 amide bonds. The molecule has 1 saturated heterocycles. The second-order valence-corrected chi connectivity index (χ2v) is 7.86. The van der Waals surface area contributed by atoms with Crippen LogP contribution in [0.3, 0.4) is 0 Å². The third kappa shape index (κ3) is 3.70. The van der Waals surface area contributed by atoms with Gasteiger partial charge >= 0.3 is 5.97 Å². The third-order valence-electron chi connectivity index (χ3n) is 5.89. The van der Waals surface area contributed by atoms with Crippen molar-refractivity contribution >= 4 is 11.8 Å². The molecule has 0 spiro atoms. The molecule has 28 heavy (non-hydrogen) atoms. The van der Waals surface area contributed by atoms with E-state index in [9.17, 15) is 14.0 Å². The lowest BCUT2D eigenvalue weighted by molar-refractivity contribution is -0.178. The summed E-state index contributed by atoms with van der Waals surface area (Å²) in [4.78, 5) is 28.2. The first-order chi connectivity index (χ1) is 13.4. The summed E-state index contributed by atoms with van der Waals surface area (Å²) in [5, 5.41) is 3.75. The Labute approximate surface area is 162 Å². The number of ether oxygens (including phenoxy) is 1. The number of hydrogen-bond acceptors (Lipinski definition) is 6. The van der Waals surface area contributed by atoms with Crippen molar-refractivity contribution in [2.45, 2.75) is 63.9 Å². The number of Topliss-reactive ketones (excluding diaryl/α,β-unsaturated/α-hetero) is 1. The topological polar surface area (TPSA) is 82.3 Å². The fraction of sp³-hybridized carbons (Fsp3) is 0.524. The summed E-state index contributed by atoms with van der Waals surface area (Å²) in [5.74, 6) is -0.122. The van der Waals surface area contributed by atoms with Crippen molar-refractivity contribution in [3.05, 3.63) is 35.5 Å². The molecule has 1 aliphatic carbocycles. The number of esters is 1. The van der Waals surface area contributed by atoms with E-state index in [0.717, 1.165) is 31.2 Å². The monoisotopic (exact) mass is 386 g/mol. The lowest BCUT2D eigenvalue weighted by Crippen LogP contribution is -2.48. The molecule has 2 heterocycles. The highest BCUT2D eigenvalue weighted by Crippen LogP contribution is 2.44. The number of ketones is 1. The molecule has 1 atom stereocenters. The number of carbonyl (C=O) groups is 2. The first-order valence-electron chi connectivity index (χ1n) is 9.78. The second kappa shape index (κ2) is 7.45. The summed E-state index contributed by atoms with van der Waals surface area (Å²) in [5.41, 5.74) is 0.321. The minimum Gasteiger partial charge on any atom is -0.458 e. The Bertz CT molecular complexity index is 886. The second-order valence-electron chi connectivity index (χ2n) is 7.86. The van der Waals surface area contributed by atoms with Gasteiger partial charge in [0, 0.05) is 13.3 Å². The first kappa shape index (κ1) is 18.8. The van der Waals surface area contributed by atoms with Gasteiger partial charge in [0.15, 0.2) is 0 Å². The maximum absolute atomic E-state index is 14.6. The minimum absolute atomic E-state index is 0.0582. The molecule has 4 rings (SSSR count). The molecule has 6 nitrogen and oxygen atoms in total. The maximum Gasteiger partial charge on any atom is 0.313 e. The zero-order valence-corrected chi connectivity index (χ0v) is 15.9. The summed E-state index contributed by atoms with van der Waals surface area (Å²) in [6.07, 6.45) is 5.29. The average Bonchev–Trinajstić information content (AvgIpc) is 3.31. The van der Waals surface area contributed by atoms with Crippen LogP contribution in [0.5, 0.6) is 0 Å². The number of nitrogens with zero attached hydrogens (tertiary/aromatic N) is 2. The van der Waals surface area contributed by atoms with Gasteiger partial charge in [0.05, 0.1) is 5.56 Å². The Balaban J connectivity index is 1.53. The van der Waals surface area contributed by atoms with E-state index < -0.39 is 17.4 Å². The third-order valence-corrected chi connectivity index (χ3v) is 5.89. The van der Waals surface area contributed by atoms with E-state index in [1.807, 2.05) is 6.07 Å². The lowest BCUT2D eigenvalue weighted by Gasteiger charge is -2.41. The van der Waals surface area contributed by atoms with Gasteiger partial charge in [-0.3, -0.25) is 9.59 Å². The number of carbonyl (C=O) groups excluding carboxylic acids is 2. The fourth-order valence-corrected chi connectivity index (χ4v) is 4.54. The highest BCUT2D eigenvalue weighted by molar-refractivity contribution is 5.98. The molecule has 2 fully saturated rings. The van der Waals surface area contributed by atoms with Crippen LogP contribution in [0.2, 0.25) is 0 Å². The fourth-order valence-electron chi connectivity index (χ4n) is 4.54. The number of halogens is 1. The van der Waals surface area contributed by atoms with E-state index in [0.29, 0.717) is 18.7 Å². The first-order valence-corrected chi connectivity index (χ1v) is 9.78. The van der Waals surface area contributed by atoms with Gasteiger partial charge in [-0.05, 0) is 49.3 Å². The molecule has 0 N–H and O–H groups in total. The lowest BCUT2D eigenvalue weighted by atomic mass is 9.76. The predicted octanol–water partition coefficient (Wildman–Crippen LogP) is 3.95. The van der Waals surface area contributed by atoms with E-state index in [1.54, 1.807) is 13.0 Å². The molecular formula is C21H23FN2O4. The van der Waals surface area contributed by atoms with Gasteiger partial charge in [-0.25, -0.2) is 4.39 Å². The van der Waals surface area contributed by atoms with Gasteiger partial charge in [0.2, 0.25) is 11.7 Å². The number of aryl methyl sites for hydroxylation is 2. The van der Waals surface area contributed by atoms with E-state index in [1.165, 1.54) is 6.07 Å². The predicted molar refractivity (Wildman–Crippen MR) is 97.8 cm³/mol. The maximum atomic E-state index is 14.6. The van der Waals surface area contributed by atoms with E-state index in [2.05, 4.69) is 10.1 Å². The van der Waals surface area contributed by atoms with Crippen molar-refractivity contribution in [3.8, 4) is 11.4 Å². The molecule has 0 bridgehead atoms. The number of rotatable bonds is 5. The van der Waals surface area contributed by atoms with Crippen LogP contribution in [0, 0.1) is 18.7 Å². The van der Waals surface area contributed by atoms with Crippen LogP contribution in [0.15, 0.2) is 22.7 Å². The van der Waals surface area contributed by atoms with Crippen molar-refractivity contribution in [1.29, 1.82) is 0 Å². The van der Waals surface area contributed by atoms with Crippen molar-refractivity contribution in [2.24, 2.45) is 5.92 Å². The molecule has 148 valence electrons. The number of hydrogen-bond donors (Lipinski definition) is 0. The zero-order chi connectivity index (χ0) is 19.7. The van der Waals surface area contributed by atoms with Gasteiger partial charge in [-0.1, -0.05) is 24.1 Å². The number of benzene rings is 1. The Morgan fingerprint density at radius 2 is 2.04 bits per heavy atom. The summed E-state index contributed by atoms with van der Waals surface area (Å²) < 4.78 is 25.3. The van der Waals surface area contributed by atoms with Gasteiger partial charge in [-0.15, -0.1) is 0 Å². The van der Waals surface area contributed by atoms with Crippen molar-refractivity contribution in [1.82, 2.24) is 10.1 Å².